The molecular weight excluding hydrogens is 176 g/mol. The van der Waals surface area contributed by atoms with Gasteiger partial charge in [0, 0.05) is 11.1 Å². The molecule has 14 heavy (non-hydrogen) atoms. The zero-order valence-corrected chi connectivity index (χ0v) is 8.92. The summed E-state index contributed by atoms with van der Waals surface area (Å²) in [5, 5.41) is 2.90. The zero-order chi connectivity index (χ0) is 10.8. The summed E-state index contributed by atoms with van der Waals surface area (Å²) in [5.74, 6) is -0.0440. The maximum atomic E-state index is 11.6. The van der Waals surface area contributed by atoms with E-state index in [-0.39, 0.29) is 11.4 Å². The molecule has 4 N–H and O–H groups in total. The first-order valence-corrected chi connectivity index (χ1v) is 4.63. The maximum Gasteiger partial charge on any atom is 0.251 e. The average molecular weight is 193 g/mol. The fraction of sp³-hybridized carbons (Fsp3) is 0.364. The molecule has 0 aliphatic rings. The molecular formula is C11H17N2O+. The van der Waals surface area contributed by atoms with Gasteiger partial charge < -0.3 is 11.1 Å². The van der Waals surface area contributed by atoms with Crippen LogP contribution < -0.4 is 11.1 Å². The second-order valence-corrected chi connectivity index (χ2v) is 4.40. The second-order valence-electron chi connectivity index (χ2n) is 4.40. The van der Waals surface area contributed by atoms with Gasteiger partial charge in [0.2, 0.25) is 0 Å². The summed E-state index contributed by atoms with van der Waals surface area (Å²) in [6.45, 7) is 5.88. The van der Waals surface area contributed by atoms with E-state index in [9.17, 15) is 4.79 Å². The third-order valence-corrected chi connectivity index (χ3v) is 1.70. The molecule has 1 aromatic carbocycles. The number of quaternary nitrogens is 1. The SMILES string of the molecule is CC(C)(C)NC(=O)c1ccc([NH3+])cc1. The number of carbonyl (C=O) groups excluding carboxylic acids is 1. The summed E-state index contributed by atoms with van der Waals surface area (Å²) in [4.78, 5) is 11.6. The predicted molar refractivity (Wildman–Crippen MR) is 56.2 cm³/mol. The molecule has 0 saturated heterocycles. The monoisotopic (exact) mass is 193 g/mol. The lowest BCUT2D eigenvalue weighted by atomic mass is 10.1. The lowest BCUT2D eigenvalue weighted by molar-refractivity contribution is -0.254. The van der Waals surface area contributed by atoms with Gasteiger partial charge in [-0.25, -0.2) is 0 Å². The first-order chi connectivity index (χ1) is 6.38. The summed E-state index contributed by atoms with van der Waals surface area (Å²) in [6, 6.07) is 7.22. The van der Waals surface area contributed by atoms with Gasteiger partial charge in [0.15, 0.2) is 0 Å². The van der Waals surface area contributed by atoms with Crippen molar-refractivity contribution in [2.75, 3.05) is 0 Å². The number of hydrogen-bond donors (Lipinski definition) is 2. The molecule has 0 heterocycles. The largest absolute Gasteiger partial charge is 0.347 e. The van der Waals surface area contributed by atoms with Crippen LogP contribution in [0.3, 0.4) is 0 Å². The van der Waals surface area contributed by atoms with E-state index in [1.165, 1.54) is 0 Å². The summed E-state index contributed by atoms with van der Waals surface area (Å²) in [6.07, 6.45) is 0. The van der Waals surface area contributed by atoms with Gasteiger partial charge in [-0.2, -0.15) is 0 Å². The van der Waals surface area contributed by atoms with Crippen LogP contribution in [-0.2, 0) is 0 Å². The Kier molecular flexibility index (Phi) is 2.91. The maximum absolute atomic E-state index is 11.6. The topological polar surface area (TPSA) is 56.7 Å². The molecule has 76 valence electrons. The number of carbonyl (C=O) groups is 1. The molecule has 0 saturated carbocycles. The highest BCUT2D eigenvalue weighted by Crippen LogP contribution is 2.06. The van der Waals surface area contributed by atoms with E-state index in [0.29, 0.717) is 5.56 Å². The highest BCUT2D eigenvalue weighted by atomic mass is 16.1. The number of nitrogens with one attached hydrogen (secondary N) is 1. The van der Waals surface area contributed by atoms with E-state index in [0.717, 1.165) is 5.69 Å². The molecule has 1 rings (SSSR count). The first kappa shape index (κ1) is 10.7. The van der Waals surface area contributed by atoms with Crippen LogP contribution in [0.1, 0.15) is 31.1 Å². The van der Waals surface area contributed by atoms with Gasteiger partial charge >= 0.3 is 0 Å². The normalized spacial score (nSPS) is 11.1. The van der Waals surface area contributed by atoms with Crippen LogP contribution in [0.4, 0.5) is 5.69 Å². The average Bonchev–Trinajstić information content (AvgIpc) is 2.02. The number of hydrogen-bond acceptors (Lipinski definition) is 1. The first-order valence-electron chi connectivity index (χ1n) is 4.63. The van der Waals surface area contributed by atoms with Crippen molar-refractivity contribution in [2.24, 2.45) is 0 Å². The molecule has 1 aromatic rings. The molecule has 1 amide bonds. The Labute approximate surface area is 84.3 Å². The van der Waals surface area contributed by atoms with Gasteiger partial charge in [-0.15, -0.1) is 0 Å². The van der Waals surface area contributed by atoms with Gasteiger partial charge in [-0.1, -0.05) is 0 Å². The Hall–Kier alpha value is -1.35. The summed E-state index contributed by atoms with van der Waals surface area (Å²) >= 11 is 0. The molecule has 3 heteroatoms. The minimum atomic E-state index is -0.194. The fourth-order valence-corrected chi connectivity index (χ4v) is 1.07. The molecule has 0 aliphatic heterocycles. The molecule has 3 nitrogen and oxygen atoms in total. The highest BCUT2D eigenvalue weighted by Gasteiger charge is 2.14. The molecule has 0 atom stereocenters. The number of amides is 1. The van der Waals surface area contributed by atoms with E-state index in [4.69, 9.17) is 0 Å². The van der Waals surface area contributed by atoms with Crippen molar-refractivity contribution in [2.45, 2.75) is 26.3 Å². The fourth-order valence-electron chi connectivity index (χ4n) is 1.07. The van der Waals surface area contributed by atoms with Crippen molar-refractivity contribution >= 4 is 11.6 Å². The van der Waals surface area contributed by atoms with Gasteiger partial charge in [-0.05, 0) is 45.0 Å². The summed E-state index contributed by atoms with van der Waals surface area (Å²) < 4.78 is 0. The minimum absolute atomic E-state index is 0.0440. The zero-order valence-electron chi connectivity index (χ0n) is 8.92. The molecule has 0 fully saturated rings. The van der Waals surface area contributed by atoms with Gasteiger partial charge in [-0.3, -0.25) is 4.79 Å². The molecule has 0 radical (unpaired) electrons. The van der Waals surface area contributed by atoms with Crippen molar-refractivity contribution in [3.8, 4) is 0 Å². The molecule has 0 aliphatic carbocycles. The molecule has 0 spiro atoms. The van der Waals surface area contributed by atoms with Crippen molar-refractivity contribution in [3.63, 3.8) is 0 Å². The van der Waals surface area contributed by atoms with E-state index in [1.807, 2.05) is 32.9 Å². The number of rotatable bonds is 1. The van der Waals surface area contributed by atoms with E-state index in [1.54, 1.807) is 12.1 Å². The lowest BCUT2D eigenvalue weighted by Crippen LogP contribution is -2.41. The molecule has 0 bridgehead atoms. The van der Waals surface area contributed by atoms with Crippen LogP contribution in [0, 0.1) is 0 Å². The van der Waals surface area contributed by atoms with Crippen LogP contribution in [0.25, 0.3) is 0 Å². The predicted octanol–water partition coefficient (Wildman–Crippen LogP) is 1.09. The smallest absolute Gasteiger partial charge is 0.251 e. The standard InChI is InChI=1S/C11H16N2O/c1-11(2,3)13-10(14)8-4-6-9(12)7-5-8/h4-7H,12H2,1-3H3,(H,13,14)/p+1. The third kappa shape index (κ3) is 3.18. The quantitative estimate of drug-likeness (QED) is 0.689. The molecule has 0 unspecified atom stereocenters. The summed E-state index contributed by atoms with van der Waals surface area (Å²) in [5.41, 5.74) is 5.16. The van der Waals surface area contributed by atoms with Gasteiger partial charge in [0.1, 0.15) is 5.69 Å². The minimum Gasteiger partial charge on any atom is -0.347 e. The van der Waals surface area contributed by atoms with Crippen LogP contribution in [0.5, 0.6) is 0 Å². The van der Waals surface area contributed by atoms with Crippen molar-refractivity contribution in [1.29, 1.82) is 0 Å². The Morgan fingerprint density at radius 3 is 2.14 bits per heavy atom. The summed E-state index contributed by atoms with van der Waals surface area (Å²) in [7, 11) is 0. The van der Waals surface area contributed by atoms with Crippen molar-refractivity contribution in [1.82, 2.24) is 5.32 Å². The van der Waals surface area contributed by atoms with Crippen LogP contribution >= 0.6 is 0 Å². The van der Waals surface area contributed by atoms with E-state index >= 15 is 0 Å². The third-order valence-electron chi connectivity index (χ3n) is 1.70. The Morgan fingerprint density at radius 1 is 1.21 bits per heavy atom. The van der Waals surface area contributed by atoms with Crippen LogP contribution in [-0.4, -0.2) is 11.4 Å². The molecule has 0 aromatic heterocycles. The van der Waals surface area contributed by atoms with E-state index in [2.05, 4.69) is 11.1 Å². The Balaban J connectivity index is 2.76. The van der Waals surface area contributed by atoms with Gasteiger partial charge in [0.25, 0.3) is 5.91 Å². The second kappa shape index (κ2) is 3.80. The van der Waals surface area contributed by atoms with Crippen LogP contribution in [0.15, 0.2) is 24.3 Å². The van der Waals surface area contributed by atoms with E-state index < -0.39 is 0 Å². The Bertz CT molecular complexity index is 322. The lowest BCUT2D eigenvalue weighted by Gasteiger charge is -2.20. The van der Waals surface area contributed by atoms with Crippen molar-refractivity contribution < 1.29 is 10.5 Å². The number of benzene rings is 1. The van der Waals surface area contributed by atoms with Crippen LogP contribution in [0.2, 0.25) is 0 Å². The Morgan fingerprint density at radius 2 is 1.71 bits per heavy atom. The van der Waals surface area contributed by atoms with Crippen molar-refractivity contribution in [3.05, 3.63) is 29.8 Å². The van der Waals surface area contributed by atoms with Gasteiger partial charge in [0.05, 0.1) is 0 Å². The highest BCUT2D eigenvalue weighted by molar-refractivity contribution is 5.94.